The van der Waals surface area contributed by atoms with E-state index in [1.807, 2.05) is 13.8 Å². The van der Waals surface area contributed by atoms with E-state index in [1.54, 1.807) is 0 Å². The Kier molecular flexibility index (Phi) is 29.8. The van der Waals surface area contributed by atoms with Gasteiger partial charge >= 0.3 is 5.97 Å². The number of rotatable bonds is 6. The van der Waals surface area contributed by atoms with Gasteiger partial charge in [-0.2, -0.15) is 0 Å². The molecule has 0 amide bonds. The van der Waals surface area contributed by atoms with Crippen LogP contribution in [0.1, 0.15) is 52.9 Å². The fourth-order valence-electron chi connectivity index (χ4n) is 1.53. The zero-order valence-corrected chi connectivity index (χ0v) is 12.6. The third kappa shape index (κ3) is 11.2. The largest absolute Gasteiger partial charge is 0.481 e. The zero-order valence-electron chi connectivity index (χ0n) is 12.6. The summed E-state index contributed by atoms with van der Waals surface area (Å²) in [4.78, 5) is 11.0. The quantitative estimate of drug-likeness (QED) is 0.639. The molecule has 0 unspecified atom stereocenters. The topological polar surface area (TPSA) is 37.3 Å². The molecule has 0 bridgehead atoms. The van der Waals surface area contributed by atoms with Crippen LogP contribution in [0.25, 0.3) is 0 Å². The summed E-state index contributed by atoms with van der Waals surface area (Å²) >= 11 is 0. The monoisotopic (exact) mass is 256 g/mol. The average molecular weight is 256 g/mol. The summed E-state index contributed by atoms with van der Waals surface area (Å²) in [6.45, 7) is 24.0. The van der Waals surface area contributed by atoms with Crippen molar-refractivity contribution >= 4 is 5.97 Å². The Morgan fingerprint density at radius 3 is 1.44 bits per heavy atom. The van der Waals surface area contributed by atoms with Crippen LogP contribution in [0.15, 0.2) is 39.5 Å². The fraction of sp³-hybridized carbons (Fsp3) is 0.562. The SMILES string of the molecule is C=C.C=C.C=C.CCCCC(CC)(CC)C(=O)O. The van der Waals surface area contributed by atoms with Crippen LogP contribution >= 0.6 is 0 Å². The highest BCUT2D eigenvalue weighted by atomic mass is 16.4. The summed E-state index contributed by atoms with van der Waals surface area (Å²) in [6.07, 6.45) is 4.42. The van der Waals surface area contributed by atoms with Crippen molar-refractivity contribution in [3.8, 4) is 0 Å². The van der Waals surface area contributed by atoms with Crippen molar-refractivity contribution in [2.24, 2.45) is 5.41 Å². The molecular formula is C16H32O2. The van der Waals surface area contributed by atoms with Crippen LogP contribution in [-0.2, 0) is 4.79 Å². The van der Waals surface area contributed by atoms with Gasteiger partial charge < -0.3 is 5.11 Å². The van der Waals surface area contributed by atoms with Gasteiger partial charge in [-0.3, -0.25) is 4.79 Å². The fourth-order valence-corrected chi connectivity index (χ4v) is 1.53. The highest BCUT2D eigenvalue weighted by Gasteiger charge is 2.33. The van der Waals surface area contributed by atoms with E-state index in [1.165, 1.54) is 0 Å². The molecule has 0 saturated heterocycles. The van der Waals surface area contributed by atoms with Crippen molar-refractivity contribution in [3.63, 3.8) is 0 Å². The van der Waals surface area contributed by atoms with Crippen LogP contribution < -0.4 is 0 Å². The van der Waals surface area contributed by atoms with Gasteiger partial charge in [0.15, 0.2) is 0 Å². The van der Waals surface area contributed by atoms with Gasteiger partial charge in [0, 0.05) is 0 Å². The zero-order chi connectivity index (χ0) is 15.6. The minimum atomic E-state index is -0.624. The molecule has 0 atom stereocenters. The molecule has 0 aliphatic heterocycles. The van der Waals surface area contributed by atoms with Crippen molar-refractivity contribution < 1.29 is 9.90 Å². The summed E-state index contributed by atoms with van der Waals surface area (Å²) < 4.78 is 0. The third-order valence-electron chi connectivity index (χ3n) is 2.82. The Morgan fingerprint density at radius 1 is 0.944 bits per heavy atom. The van der Waals surface area contributed by atoms with Crippen LogP contribution in [-0.4, -0.2) is 11.1 Å². The van der Waals surface area contributed by atoms with Crippen LogP contribution in [0.3, 0.4) is 0 Å². The second kappa shape index (κ2) is 21.0. The van der Waals surface area contributed by atoms with E-state index >= 15 is 0 Å². The number of carboxylic acid groups (broad SMARTS) is 1. The molecule has 108 valence electrons. The molecule has 0 spiro atoms. The third-order valence-corrected chi connectivity index (χ3v) is 2.82. The van der Waals surface area contributed by atoms with Crippen molar-refractivity contribution in [1.29, 1.82) is 0 Å². The van der Waals surface area contributed by atoms with Crippen LogP contribution in [0.4, 0.5) is 0 Å². The molecule has 0 aromatic heterocycles. The highest BCUT2D eigenvalue weighted by molar-refractivity contribution is 5.74. The van der Waals surface area contributed by atoms with Gasteiger partial charge in [-0.15, -0.1) is 39.5 Å². The number of hydrogen-bond donors (Lipinski definition) is 1. The van der Waals surface area contributed by atoms with Crippen LogP contribution in [0, 0.1) is 5.41 Å². The van der Waals surface area contributed by atoms with Gasteiger partial charge in [0.25, 0.3) is 0 Å². The van der Waals surface area contributed by atoms with Crippen molar-refractivity contribution in [3.05, 3.63) is 39.5 Å². The minimum Gasteiger partial charge on any atom is -0.481 e. The summed E-state index contributed by atoms with van der Waals surface area (Å²) in [5, 5.41) is 9.05. The lowest BCUT2D eigenvalue weighted by Crippen LogP contribution is -2.29. The molecule has 0 heterocycles. The lowest BCUT2D eigenvalue weighted by atomic mass is 9.78. The number of carboxylic acids is 1. The Balaban J connectivity index is -0.000000141. The number of hydrogen-bond acceptors (Lipinski definition) is 1. The van der Waals surface area contributed by atoms with Crippen LogP contribution in [0.5, 0.6) is 0 Å². The van der Waals surface area contributed by atoms with Gasteiger partial charge in [0.2, 0.25) is 0 Å². The molecule has 2 heteroatoms. The van der Waals surface area contributed by atoms with Gasteiger partial charge in [-0.1, -0.05) is 33.6 Å². The molecule has 18 heavy (non-hydrogen) atoms. The first kappa shape index (κ1) is 25.5. The summed E-state index contributed by atoms with van der Waals surface area (Å²) in [7, 11) is 0. The number of carbonyl (C=O) groups is 1. The molecule has 0 aliphatic carbocycles. The van der Waals surface area contributed by atoms with Gasteiger partial charge in [-0.05, 0) is 19.3 Å². The van der Waals surface area contributed by atoms with E-state index in [2.05, 4.69) is 46.4 Å². The average Bonchev–Trinajstić information content (AvgIpc) is 2.47. The molecule has 0 radical (unpaired) electrons. The van der Waals surface area contributed by atoms with Crippen molar-refractivity contribution in [1.82, 2.24) is 0 Å². The van der Waals surface area contributed by atoms with E-state index < -0.39 is 11.4 Å². The van der Waals surface area contributed by atoms with E-state index in [0.717, 1.165) is 32.1 Å². The molecule has 0 fully saturated rings. The molecule has 2 nitrogen and oxygen atoms in total. The predicted octanol–water partition coefficient (Wildman–Crippen LogP) is 5.47. The summed E-state index contributed by atoms with van der Waals surface area (Å²) in [5.41, 5.74) is -0.448. The lowest BCUT2D eigenvalue weighted by Gasteiger charge is -2.26. The molecule has 0 aromatic rings. The Labute approximate surface area is 114 Å². The molecule has 1 N–H and O–H groups in total. The van der Waals surface area contributed by atoms with Crippen LogP contribution in [0.2, 0.25) is 0 Å². The lowest BCUT2D eigenvalue weighted by molar-refractivity contribution is -0.150. The highest BCUT2D eigenvalue weighted by Crippen LogP contribution is 2.32. The van der Waals surface area contributed by atoms with Crippen molar-refractivity contribution in [2.45, 2.75) is 52.9 Å². The number of aliphatic carboxylic acids is 1. The Morgan fingerprint density at radius 2 is 1.28 bits per heavy atom. The first-order valence-electron chi connectivity index (χ1n) is 6.36. The van der Waals surface area contributed by atoms with E-state index in [-0.39, 0.29) is 0 Å². The van der Waals surface area contributed by atoms with E-state index in [0.29, 0.717) is 0 Å². The summed E-state index contributed by atoms with van der Waals surface area (Å²) in [5.74, 6) is -0.624. The Hall–Kier alpha value is -1.31. The molecule has 0 saturated carbocycles. The van der Waals surface area contributed by atoms with Gasteiger partial charge in [-0.25, -0.2) is 0 Å². The smallest absolute Gasteiger partial charge is 0.309 e. The first-order valence-corrected chi connectivity index (χ1v) is 6.36. The van der Waals surface area contributed by atoms with Gasteiger partial charge in [0.05, 0.1) is 5.41 Å². The maximum absolute atomic E-state index is 11.0. The maximum Gasteiger partial charge on any atom is 0.309 e. The standard InChI is InChI=1S/C10H20O2.3C2H4/c1-4-7-8-10(5-2,6-3)9(11)12;3*1-2/h4-8H2,1-3H3,(H,11,12);3*1-2H2. The molecular weight excluding hydrogens is 224 g/mol. The maximum atomic E-state index is 11.0. The van der Waals surface area contributed by atoms with E-state index in [9.17, 15) is 4.79 Å². The minimum absolute atomic E-state index is 0.448. The van der Waals surface area contributed by atoms with E-state index in [4.69, 9.17) is 5.11 Å². The van der Waals surface area contributed by atoms with Gasteiger partial charge in [0.1, 0.15) is 0 Å². The second-order valence-corrected chi connectivity index (χ2v) is 3.40. The molecule has 0 aliphatic rings. The second-order valence-electron chi connectivity index (χ2n) is 3.40. The normalized spacial score (nSPS) is 8.39. The summed E-state index contributed by atoms with van der Waals surface area (Å²) in [6, 6.07) is 0. The van der Waals surface area contributed by atoms with Crippen molar-refractivity contribution in [2.75, 3.05) is 0 Å². The first-order chi connectivity index (χ1) is 8.63. The predicted molar refractivity (Wildman–Crippen MR) is 83.9 cm³/mol. The number of unbranched alkanes of at least 4 members (excludes halogenated alkanes) is 1. The Bertz CT molecular complexity index is 167. The molecule has 0 aromatic carbocycles. The molecule has 0 rings (SSSR count).